The lowest BCUT2D eigenvalue weighted by Gasteiger charge is -2.02. The summed E-state index contributed by atoms with van der Waals surface area (Å²) in [5, 5.41) is 14.7. The molecule has 5 nitrogen and oxygen atoms in total. The summed E-state index contributed by atoms with van der Waals surface area (Å²) < 4.78 is 12.5. The minimum Gasteiger partial charge on any atom is -0.405 e. The highest BCUT2D eigenvalue weighted by atomic mass is 32.1. The first-order valence-electron chi connectivity index (χ1n) is 7.04. The number of nitrogens with one attached hydrogen (secondary N) is 1. The molecular formula is C15H15N3O2S. The van der Waals surface area contributed by atoms with Gasteiger partial charge < -0.3 is 14.5 Å². The van der Waals surface area contributed by atoms with E-state index >= 15 is 0 Å². The molecule has 21 heavy (non-hydrogen) atoms. The van der Waals surface area contributed by atoms with Crippen LogP contribution in [0.25, 0.3) is 10.1 Å². The Morgan fingerprint density at radius 1 is 1.29 bits per heavy atom. The molecule has 6 heteroatoms. The third-order valence-corrected chi connectivity index (χ3v) is 4.65. The van der Waals surface area contributed by atoms with E-state index in [1.54, 1.807) is 11.3 Å². The van der Waals surface area contributed by atoms with Crippen LogP contribution in [0.15, 0.2) is 34.1 Å². The monoisotopic (exact) mass is 301 g/mol. The van der Waals surface area contributed by atoms with Crippen LogP contribution in [0.1, 0.15) is 30.4 Å². The lowest BCUT2D eigenvalue weighted by atomic mass is 10.2. The van der Waals surface area contributed by atoms with Crippen molar-refractivity contribution in [2.24, 2.45) is 0 Å². The molecule has 0 unspecified atom stereocenters. The lowest BCUT2D eigenvalue weighted by Crippen LogP contribution is -1.98. The number of fused-ring (bicyclic) bond motifs is 1. The minimum atomic E-state index is -0.0324. The van der Waals surface area contributed by atoms with Gasteiger partial charge in [-0.05, 0) is 35.2 Å². The Hall–Kier alpha value is -1.92. The maximum atomic E-state index is 5.62. The van der Waals surface area contributed by atoms with Gasteiger partial charge in [-0.25, -0.2) is 0 Å². The molecule has 0 radical (unpaired) electrons. The SMILES string of the molecule is c1ccc2c(CNc3nnc([C@@H]4CCCO4)o3)csc2c1. The molecule has 3 aromatic rings. The molecule has 1 aliphatic rings. The molecule has 0 amide bonds. The first kappa shape index (κ1) is 12.8. The summed E-state index contributed by atoms with van der Waals surface area (Å²) in [5.41, 5.74) is 1.24. The van der Waals surface area contributed by atoms with Crippen molar-refractivity contribution in [3.05, 3.63) is 41.1 Å². The average Bonchev–Trinajstić information content (AvgIpc) is 3.25. The van der Waals surface area contributed by atoms with E-state index in [-0.39, 0.29) is 6.10 Å². The zero-order valence-electron chi connectivity index (χ0n) is 11.4. The van der Waals surface area contributed by atoms with Gasteiger partial charge in [-0.15, -0.1) is 16.4 Å². The second kappa shape index (κ2) is 5.46. The first-order chi connectivity index (χ1) is 10.4. The van der Waals surface area contributed by atoms with Crippen LogP contribution in [-0.4, -0.2) is 16.8 Å². The molecule has 0 spiro atoms. The van der Waals surface area contributed by atoms with Crippen LogP contribution in [0, 0.1) is 0 Å². The first-order valence-corrected chi connectivity index (χ1v) is 7.92. The fourth-order valence-corrected chi connectivity index (χ4v) is 3.51. The van der Waals surface area contributed by atoms with E-state index in [2.05, 4.69) is 45.2 Å². The minimum absolute atomic E-state index is 0.0324. The maximum absolute atomic E-state index is 5.62. The number of rotatable bonds is 4. The summed E-state index contributed by atoms with van der Waals surface area (Å²) in [6, 6.07) is 8.83. The van der Waals surface area contributed by atoms with Gasteiger partial charge in [0.15, 0.2) is 0 Å². The third kappa shape index (κ3) is 2.52. The Morgan fingerprint density at radius 3 is 3.14 bits per heavy atom. The van der Waals surface area contributed by atoms with E-state index in [4.69, 9.17) is 9.15 Å². The van der Waals surface area contributed by atoms with Crippen molar-refractivity contribution < 1.29 is 9.15 Å². The van der Waals surface area contributed by atoms with Crippen LogP contribution >= 0.6 is 11.3 Å². The molecule has 3 heterocycles. The van der Waals surface area contributed by atoms with E-state index < -0.39 is 0 Å². The summed E-state index contributed by atoms with van der Waals surface area (Å²) in [6.45, 7) is 1.45. The Morgan fingerprint density at radius 2 is 2.24 bits per heavy atom. The van der Waals surface area contributed by atoms with Gasteiger partial charge in [0, 0.05) is 17.9 Å². The van der Waals surface area contributed by atoms with Crippen molar-refractivity contribution in [2.75, 3.05) is 11.9 Å². The normalized spacial score (nSPS) is 18.4. The zero-order chi connectivity index (χ0) is 14.1. The molecule has 1 saturated heterocycles. The van der Waals surface area contributed by atoms with Crippen LogP contribution in [-0.2, 0) is 11.3 Å². The van der Waals surface area contributed by atoms with Gasteiger partial charge in [0.25, 0.3) is 0 Å². The van der Waals surface area contributed by atoms with Gasteiger partial charge in [0.1, 0.15) is 6.10 Å². The molecule has 1 N–H and O–H groups in total. The maximum Gasteiger partial charge on any atom is 0.315 e. The molecule has 108 valence electrons. The van der Waals surface area contributed by atoms with Gasteiger partial charge in [-0.3, -0.25) is 0 Å². The standard InChI is InChI=1S/C15H15N3O2S/c1-2-6-13-11(4-1)10(9-21-13)8-16-15-18-17-14(20-15)12-5-3-7-19-12/h1-2,4,6,9,12H,3,5,7-8H2,(H,16,18)/t12-/m0/s1. The number of hydrogen-bond donors (Lipinski definition) is 1. The second-order valence-electron chi connectivity index (χ2n) is 5.06. The fourth-order valence-electron chi connectivity index (χ4n) is 2.55. The number of hydrogen-bond acceptors (Lipinski definition) is 6. The third-order valence-electron chi connectivity index (χ3n) is 3.64. The molecule has 0 saturated carbocycles. The lowest BCUT2D eigenvalue weighted by molar-refractivity contribution is 0.0897. The van der Waals surface area contributed by atoms with E-state index in [0.717, 1.165) is 19.4 Å². The quantitative estimate of drug-likeness (QED) is 0.795. The predicted octanol–water partition coefficient (Wildman–Crippen LogP) is 3.75. The molecule has 1 aromatic carbocycles. The Kier molecular flexibility index (Phi) is 3.33. The Bertz CT molecular complexity index is 746. The van der Waals surface area contributed by atoms with E-state index in [1.807, 2.05) is 0 Å². The summed E-state index contributed by atoms with van der Waals surface area (Å²) in [6.07, 6.45) is 1.98. The molecule has 1 atom stereocenters. The molecule has 0 aliphatic carbocycles. The number of thiophene rings is 1. The largest absolute Gasteiger partial charge is 0.405 e. The number of aromatic nitrogens is 2. The van der Waals surface area contributed by atoms with Crippen LogP contribution in [0.4, 0.5) is 6.01 Å². The highest BCUT2D eigenvalue weighted by molar-refractivity contribution is 7.17. The number of benzene rings is 1. The zero-order valence-corrected chi connectivity index (χ0v) is 12.2. The number of nitrogens with zero attached hydrogens (tertiary/aromatic N) is 2. The molecule has 2 aromatic heterocycles. The topological polar surface area (TPSA) is 60.2 Å². The molecule has 4 rings (SSSR count). The van der Waals surface area contributed by atoms with Gasteiger partial charge in [-0.1, -0.05) is 23.3 Å². The number of ether oxygens (including phenoxy) is 1. The molecule has 0 bridgehead atoms. The van der Waals surface area contributed by atoms with E-state index in [0.29, 0.717) is 18.5 Å². The molecule has 1 fully saturated rings. The fraction of sp³-hybridized carbons (Fsp3) is 0.333. The summed E-state index contributed by atoms with van der Waals surface area (Å²) in [7, 11) is 0. The summed E-state index contributed by atoms with van der Waals surface area (Å²) >= 11 is 1.75. The van der Waals surface area contributed by atoms with Crippen LogP contribution in [0.3, 0.4) is 0 Å². The highest BCUT2D eigenvalue weighted by Crippen LogP contribution is 2.29. The predicted molar refractivity (Wildman–Crippen MR) is 81.4 cm³/mol. The summed E-state index contributed by atoms with van der Waals surface area (Å²) in [5.74, 6) is 0.574. The van der Waals surface area contributed by atoms with Crippen LogP contribution in [0.5, 0.6) is 0 Å². The van der Waals surface area contributed by atoms with Crippen LogP contribution in [0.2, 0.25) is 0 Å². The van der Waals surface area contributed by atoms with Gasteiger partial charge >= 0.3 is 6.01 Å². The van der Waals surface area contributed by atoms with Gasteiger partial charge in [0.05, 0.1) is 0 Å². The molecular weight excluding hydrogens is 286 g/mol. The number of anilines is 1. The summed E-state index contributed by atoms with van der Waals surface area (Å²) in [4.78, 5) is 0. The van der Waals surface area contributed by atoms with Gasteiger partial charge in [-0.2, -0.15) is 0 Å². The molecule has 1 aliphatic heterocycles. The van der Waals surface area contributed by atoms with Crippen molar-refractivity contribution >= 4 is 27.4 Å². The Balaban J connectivity index is 1.47. The smallest absolute Gasteiger partial charge is 0.315 e. The van der Waals surface area contributed by atoms with Crippen molar-refractivity contribution in [1.82, 2.24) is 10.2 Å². The van der Waals surface area contributed by atoms with Gasteiger partial charge in [0.2, 0.25) is 5.89 Å². The highest BCUT2D eigenvalue weighted by Gasteiger charge is 2.23. The van der Waals surface area contributed by atoms with Crippen molar-refractivity contribution in [3.63, 3.8) is 0 Å². The van der Waals surface area contributed by atoms with E-state index in [1.165, 1.54) is 15.6 Å². The van der Waals surface area contributed by atoms with Crippen molar-refractivity contribution in [2.45, 2.75) is 25.5 Å². The Labute approximate surface area is 125 Å². The van der Waals surface area contributed by atoms with Crippen molar-refractivity contribution in [3.8, 4) is 0 Å². The average molecular weight is 301 g/mol. The second-order valence-corrected chi connectivity index (χ2v) is 5.97. The van der Waals surface area contributed by atoms with Crippen LogP contribution < -0.4 is 5.32 Å². The van der Waals surface area contributed by atoms with Crippen molar-refractivity contribution in [1.29, 1.82) is 0 Å². The van der Waals surface area contributed by atoms with E-state index in [9.17, 15) is 0 Å².